The molecule has 2 rings (SSSR count). The molecule has 8 heteroatoms. The lowest BCUT2D eigenvalue weighted by molar-refractivity contribution is 0.0327. The second-order valence-corrected chi connectivity index (χ2v) is 4.01. The van der Waals surface area contributed by atoms with Gasteiger partial charge in [0, 0.05) is 13.2 Å². The maximum absolute atomic E-state index is 5.30. The van der Waals surface area contributed by atoms with Crippen molar-refractivity contribution >= 4 is 11.9 Å². The molecule has 0 aliphatic heterocycles. The Balaban J connectivity index is 2.00. The molecule has 1 aliphatic carbocycles. The summed E-state index contributed by atoms with van der Waals surface area (Å²) in [5, 5.41) is 3.20. The quantitative estimate of drug-likeness (QED) is 0.486. The van der Waals surface area contributed by atoms with E-state index in [1.807, 2.05) is 6.92 Å². The number of hydrogen-bond acceptors (Lipinski definition) is 8. The van der Waals surface area contributed by atoms with Gasteiger partial charge in [0.1, 0.15) is 0 Å². The van der Waals surface area contributed by atoms with Crippen LogP contribution in [0.2, 0.25) is 0 Å². The van der Waals surface area contributed by atoms with Gasteiger partial charge in [0.15, 0.2) is 0 Å². The largest absolute Gasteiger partial charge is 0.464 e. The molecule has 0 saturated heterocycles. The smallest absolute Gasteiger partial charge is 0.323 e. The number of hydrazine groups is 1. The Hall–Kier alpha value is -1.67. The van der Waals surface area contributed by atoms with Gasteiger partial charge in [-0.1, -0.05) is 0 Å². The van der Waals surface area contributed by atoms with Crippen LogP contribution in [-0.2, 0) is 4.74 Å². The minimum Gasteiger partial charge on any atom is -0.464 e. The van der Waals surface area contributed by atoms with E-state index in [2.05, 4.69) is 25.7 Å². The molecule has 18 heavy (non-hydrogen) atoms. The number of nitrogens with one attached hydrogen (secondary N) is 2. The first-order valence-electron chi connectivity index (χ1n) is 5.90. The van der Waals surface area contributed by atoms with Crippen LogP contribution < -0.4 is 21.3 Å². The van der Waals surface area contributed by atoms with Gasteiger partial charge < -0.3 is 14.8 Å². The molecule has 100 valence electrons. The number of anilines is 2. The number of nitrogen functional groups attached to an aromatic ring is 1. The van der Waals surface area contributed by atoms with E-state index < -0.39 is 0 Å². The molecule has 0 spiro atoms. The van der Waals surface area contributed by atoms with Gasteiger partial charge >= 0.3 is 6.01 Å². The summed E-state index contributed by atoms with van der Waals surface area (Å²) in [4.78, 5) is 12.2. The first-order chi connectivity index (χ1) is 8.75. The average Bonchev–Trinajstić information content (AvgIpc) is 2.33. The second-order valence-electron chi connectivity index (χ2n) is 4.01. The first-order valence-corrected chi connectivity index (χ1v) is 5.90. The number of methoxy groups -OCH3 is 1. The molecule has 0 atom stereocenters. The fourth-order valence-corrected chi connectivity index (χ4v) is 1.74. The highest BCUT2D eigenvalue weighted by Gasteiger charge is 2.29. The zero-order valence-electron chi connectivity index (χ0n) is 10.5. The molecule has 0 unspecified atom stereocenters. The fraction of sp³-hybridized carbons (Fsp3) is 0.700. The van der Waals surface area contributed by atoms with Gasteiger partial charge in [-0.15, -0.1) is 0 Å². The average molecular weight is 254 g/mol. The second kappa shape index (κ2) is 5.78. The van der Waals surface area contributed by atoms with Crippen molar-refractivity contribution in [3.05, 3.63) is 0 Å². The van der Waals surface area contributed by atoms with Gasteiger partial charge in [0.05, 0.1) is 12.7 Å². The molecule has 1 heterocycles. The summed E-state index contributed by atoms with van der Waals surface area (Å²) < 4.78 is 10.5. The zero-order chi connectivity index (χ0) is 13.0. The number of rotatable bonds is 6. The third-order valence-electron chi connectivity index (χ3n) is 2.78. The third-order valence-corrected chi connectivity index (χ3v) is 2.78. The Bertz CT molecular complexity index is 396. The molecule has 1 aliphatic rings. The summed E-state index contributed by atoms with van der Waals surface area (Å²) in [5.74, 6) is 6.03. The zero-order valence-corrected chi connectivity index (χ0v) is 10.5. The van der Waals surface area contributed by atoms with Crippen molar-refractivity contribution in [3.8, 4) is 6.01 Å². The molecule has 0 bridgehead atoms. The van der Waals surface area contributed by atoms with Crippen LogP contribution in [0, 0.1) is 0 Å². The predicted octanol–water partition coefficient (Wildman–Crippen LogP) is 0.145. The summed E-state index contributed by atoms with van der Waals surface area (Å²) in [6, 6.07) is 0.572. The van der Waals surface area contributed by atoms with E-state index in [4.69, 9.17) is 15.3 Å². The van der Waals surface area contributed by atoms with E-state index >= 15 is 0 Å². The summed E-state index contributed by atoms with van der Waals surface area (Å²) >= 11 is 0. The minimum absolute atomic E-state index is 0.255. The van der Waals surface area contributed by atoms with Gasteiger partial charge in [0.25, 0.3) is 0 Å². The topological polar surface area (TPSA) is 107 Å². The molecule has 8 nitrogen and oxygen atoms in total. The van der Waals surface area contributed by atoms with Gasteiger partial charge in [-0.25, -0.2) is 5.84 Å². The summed E-state index contributed by atoms with van der Waals surface area (Å²) in [6.45, 7) is 2.35. The fourth-order valence-electron chi connectivity index (χ4n) is 1.74. The number of hydrogen-bond donors (Lipinski definition) is 3. The SMILES string of the molecule is CCOc1nc(NN)nc(NC2CC(OC)C2)n1. The van der Waals surface area contributed by atoms with Crippen LogP contribution in [0.25, 0.3) is 0 Å². The maximum atomic E-state index is 5.30. The molecule has 1 aromatic rings. The van der Waals surface area contributed by atoms with Crippen LogP contribution in [-0.4, -0.2) is 40.8 Å². The van der Waals surface area contributed by atoms with Gasteiger partial charge in [-0.05, 0) is 19.8 Å². The Labute approximate surface area is 105 Å². The van der Waals surface area contributed by atoms with Crippen molar-refractivity contribution in [3.63, 3.8) is 0 Å². The van der Waals surface area contributed by atoms with Crippen molar-refractivity contribution in [1.82, 2.24) is 15.0 Å². The molecule has 1 fully saturated rings. The highest BCUT2D eigenvalue weighted by Crippen LogP contribution is 2.25. The van der Waals surface area contributed by atoms with Crippen LogP contribution in [0.4, 0.5) is 11.9 Å². The van der Waals surface area contributed by atoms with Crippen LogP contribution >= 0.6 is 0 Å². The highest BCUT2D eigenvalue weighted by atomic mass is 16.5. The lowest BCUT2D eigenvalue weighted by atomic mass is 9.89. The molecule has 4 N–H and O–H groups in total. The predicted molar refractivity (Wildman–Crippen MR) is 66.2 cm³/mol. The van der Waals surface area contributed by atoms with Crippen molar-refractivity contribution in [2.45, 2.75) is 31.9 Å². The molecule has 0 aromatic carbocycles. The molecule has 0 amide bonds. The van der Waals surface area contributed by atoms with Gasteiger partial charge in [-0.2, -0.15) is 15.0 Å². The summed E-state index contributed by atoms with van der Waals surface area (Å²) in [7, 11) is 1.72. The monoisotopic (exact) mass is 254 g/mol. The molecule has 1 aromatic heterocycles. The standard InChI is InChI=1S/C10H18N6O2/c1-3-18-10-14-8(13-9(15-10)16-11)12-6-4-7(5-6)17-2/h6-7H,3-5,11H2,1-2H3,(H2,12,13,14,15,16). The van der Waals surface area contributed by atoms with Crippen LogP contribution in [0.3, 0.4) is 0 Å². The Morgan fingerprint density at radius 2 is 2.00 bits per heavy atom. The van der Waals surface area contributed by atoms with E-state index in [1.165, 1.54) is 0 Å². The normalized spacial score (nSPS) is 22.2. The van der Waals surface area contributed by atoms with Crippen LogP contribution in [0.5, 0.6) is 6.01 Å². The number of nitrogens with two attached hydrogens (primary N) is 1. The Morgan fingerprint density at radius 3 is 2.61 bits per heavy atom. The lowest BCUT2D eigenvalue weighted by Crippen LogP contribution is -2.40. The number of nitrogens with zero attached hydrogens (tertiary/aromatic N) is 3. The first kappa shape index (κ1) is 12.8. The Kier molecular flexibility index (Phi) is 4.11. The molecular formula is C10H18N6O2. The summed E-state index contributed by atoms with van der Waals surface area (Å²) in [6.07, 6.45) is 2.21. The van der Waals surface area contributed by atoms with E-state index in [-0.39, 0.29) is 12.0 Å². The van der Waals surface area contributed by atoms with E-state index in [1.54, 1.807) is 7.11 Å². The van der Waals surface area contributed by atoms with Crippen molar-refractivity contribution in [1.29, 1.82) is 0 Å². The van der Waals surface area contributed by atoms with Crippen molar-refractivity contribution in [2.24, 2.45) is 5.84 Å². The molecule has 1 saturated carbocycles. The maximum Gasteiger partial charge on any atom is 0.323 e. The van der Waals surface area contributed by atoms with E-state index in [0.29, 0.717) is 24.7 Å². The highest BCUT2D eigenvalue weighted by molar-refractivity contribution is 5.36. The summed E-state index contributed by atoms with van der Waals surface area (Å²) in [5.41, 5.74) is 2.39. The number of ether oxygens (including phenoxy) is 2. The Morgan fingerprint density at radius 1 is 1.28 bits per heavy atom. The van der Waals surface area contributed by atoms with Gasteiger partial charge in [-0.3, -0.25) is 5.43 Å². The van der Waals surface area contributed by atoms with E-state index in [0.717, 1.165) is 12.8 Å². The third kappa shape index (κ3) is 2.96. The van der Waals surface area contributed by atoms with E-state index in [9.17, 15) is 0 Å². The van der Waals surface area contributed by atoms with Crippen molar-refractivity contribution in [2.75, 3.05) is 24.5 Å². The van der Waals surface area contributed by atoms with Crippen LogP contribution in [0.1, 0.15) is 19.8 Å². The van der Waals surface area contributed by atoms with Crippen molar-refractivity contribution < 1.29 is 9.47 Å². The molecule has 0 radical (unpaired) electrons. The number of aromatic nitrogens is 3. The minimum atomic E-state index is 0.255. The van der Waals surface area contributed by atoms with Gasteiger partial charge in [0.2, 0.25) is 11.9 Å². The molecular weight excluding hydrogens is 236 g/mol. The lowest BCUT2D eigenvalue weighted by Gasteiger charge is -2.34. The van der Waals surface area contributed by atoms with Crippen LogP contribution in [0.15, 0.2) is 0 Å².